The van der Waals surface area contributed by atoms with Gasteiger partial charge in [-0.25, -0.2) is 21.6 Å². The molecule has 0 aliphatic carbocycles. The predicted molar refractivity (Wildman–Crippen MR) is 300 cm³/mol. The fraction of sp³-hybridized carbons (Fsp3) is 0.556. The molecule has 6 rings (SSSR count). The van der Waals surface area contributed by atoms with Gasteiger partial charge in [0.15, 0.2) is 0 Å². The van der Waals surface area contributed by atoms with Crippen LogP contribution in [0.2, 0.25) is 0 Å². The van der Waals surface area contributed by atoms with E-state index in [2.05, 4.69) is 50.2 Å². The van der Waals surface area contributed by atoms with Gasteiger partial charge in [-0.1, -0.05) is 0 Å². The Bertz CT molecular complexity index is 2660. The lowest BCUT2D eigenvalue weighted by molar-refractivity contribution is -0.142. The van der Waals surface area contributed by atoms with Gasteiger partial charge in [0, 0.05) is 102 Å². The first-order valence-corrected chi connectivity index (χ1v) is 28.2. The second-order valence-corrected chi connectivity index (χ2v) is 23.3. The van der Waals surface area contributed by atoms with Crippen molar-refractivity contribution in [1.82, 2.24) is 28.8 Å². The molecule has 0 unspecified atom stereocenters. The number of pyridine rings is 2. The number of ether oxygens (including phenoxy) is 4. The first-order valence-electron chi connectivity index (χ1n) is 25.4. The van der Waals surface area contributed by atoms with Gasteiger partial charge in [0.1, 0.15) is 24.7 Å². The van der Waals surface area contributed by atoms with Crippen molar-refractivity contribution in [3.63, 3.8) is 0 Å². The van der Waals surface area contributed by atoms with Crippen molar-refractivity contribution < 1.29 is 50.5 Å². The van der Waals surface area contributed by atoms with Crippen molar-refractivity contribution in [1.29, 1.82) is 0 Å². The Kier molecular flexibility index (Phi) is 26.8. The lowest BCUT2D eigenvalue weighted by Gasteiger charge is -2.35. The molecule has 0 saturated carbocycles. The van der Waals surface area contributed by atoms with Crippen molar-refractivity contribution in [2.24, 2.45) is 11.8 Å². The van der Waals surface area contributed by atoms with E-state index in [4.69, 9.17) is 24.1 Å². The summed E-state index contributed by atoms with van der Waals surface area (Å²) in [6.45, 7) is 16.9. The second kappa shape index (κ2) is 31.3. The smallest absolute Gasteiger partial charge is 0.329 e. The van der Waals surface area contributed by atoms with Gasteiger partial charge in [-0.15, -0.1) is 12.4 Å². The van der Waals surface area contributed by atoms with Crippen LogP contribution in [0.3, 0.4) is 0 Å². The van der Waals surface area contributed by atoms with E-state index in [9.17, 15) is 26.4 Å². The number of halogens is 1. The highest BCUT2D eigenvalue weighted by Crippen LogP contribution is 2.30. The minimum Gasteiger partial charge on any atom is -0.497 e. The number of anilines is 2. The maximum atomic E-state index is 13.1. The van der Waals surface area contributed by atoms with Crippen LogP contribution in [0, 0.1) is 53.4 Å². The molecule has 424 valence electrons. The lowest BCUT2D eigenvalue weighted by atomic mass is 9.96. The lowest BCUT2D eigenvalue weighted by Crippen LogP contribution is -2.40. The molecule has 22 heteroatoms. The van der Waals surface area contributed by atoms with Crippen LogP contribution in [0.1, 0.15) is 59.3 Å². The van der Waals surface area contributed by atoms with E-state index >= 15 is 0 Å². The molecule has 2 saturated heterocycles. The van der Waals surface area contributed by atoms with Gasteiger partial charge >= 0.3 is 5.97 Å². The number of rotatable bonds is 22. The molecular weight excluding hydrogens is 1040 g/mol. The standard InChI is InChI=1S/C27H40N4O5S.C14H21NO6S.C13H21N3.ClH/c1-20-15-25(35-6)16-21(2)27(20)37(33,34)30(5)13-14-36-19-26(32)29(4)18-23-8-11-31(12-9-23)24-7-10-28-22(3)17-24;1-10-7-12(20-4)8-11(2)14(10)22(18,19)15(3)5-6-21-9-13(16)17;1-11-9-13(3-6-15-11)16-7-4-12(5-8-16)10-14-2;/h7,10,15-17,23H,8-9,11-14,18-19H2,1-6H3;7-8H,5-6,9H2,1-4H3,(H,16,17);3,6,9,12,14H,4-5,7-8,10H2,1-2H3;1H. The number of carboxylic acid groups (broad SMARTS) is 1. The zero-order chi connectivity index (χ0) is 55.5. The van der Waals surface area contributed by atoms with Gasteiger partial charge in [-0.05, 0) is 163 Å². The molecule has 1 amide bonds. The average molecular weight is 1120 g/mol. The highest BCUT2D eigenvalue weighted by molar-refractivity contribution is 7.89. The van der Waals surface area contributed by atoms with Crippen LogP contribution in [-0.2, 0) is 39.1 Å². The predicted octanol–water partition coefficient (Wildman–Crippen LogP) is 6.31. The number of likely N-dealkylation sites (N-methyl/N-ethyl adjacent to an activating group) is 3. The van der Waals surface area contributed by atoms with Gasteiger partial charge in [0.2, 0.25) is 26.0 Å². The number of aromatic nitrogens is 2. The highest BCUT2D eigenvalue weighted by Gasteiger charge is 2.28. The molecule has 0 radical (unpaired) electrons. The van der Waals surface area contributed by atoms with Crippen molar-refractivity contribution in [3.05, 3.63) is 94.6 Å². The first kappa shape index (κ1) is 65.2. The molecule has 0 spiro atoms. The zero-order valence-corrected chi connectivity index (χ0v) is 49.1. The first-order chi connectivity index (χ1) is 35.5. The topological polar surface area (TPSA) is 214 Å². The maximum Gasteiger partial charge on any atom is 0.329 e. The number of hydrogen-bond donors (Lipinski definition) is 2. The molecule has 0 bridgehead atoms. The summed E-state index contributed by atoms with van der Waals surface area (Å²) >= 11 is 0. The highest BCUT2D eigenvalue weighted by atomic mass is 35.5. The second-order valence-electron chi connectivity index (χ2n) is 19.3. The number of amides is 1. The van der Waals surface area contributed by atoms with Crippen LogP contribution in [-0.4, -0.2) is 178 Å². The summed E-state index contributed by atoms with van der Waals surface area (Å²) in [5.41, 5.74) is 7.09. The van der Waals surface area contributed by atoms with E-state index in [1.54, 1.807) is 71.0 Å². The molecule has 2 aromatic carbocycles. The van der Waals surface area contributed by atoms with Gasteiger partial charge in [0.05, 0.1) is 37.2 Å². The molecule has 2 aliphatic heterocycles. The van der Waals surface area contributed by atoms with Crippen molar-refractivity contribution in [2.75, 3.05) is 131 Å². The molecule has 2 fully saturated rings. The number of aryl methyl sites for hydroxylation is 6. The van der Waals surface area contributed by atoms with E-state index in [-0.39, 0.29) is 61.0 Å². The summed E-state index contributed by atoms with van der Waals surface area (Å²) in [7, 11) is 2.50. The molecule has 4 aromatic rings. The fourth-order valence-corrected chi connectivity index (χ4v) is 12.4. The molecule has 0 atom stereocenters. The van der Waals surface area contributed by atoms with Crippen molar-refractivity contribution in [3.8, 4) is 11.5 Å². The van der Waals surface area contributed by atoms with Crippen LogP contribution < -0.4 is 24.6 Å². The number of carbonyl (C=O) groups is 2. The number of carboxylic acids is 1. The Morgan fingerprint density at radius 2 is 1.03 bits per heavy atom. The summed E-state index contributed by atoms with van der Waals surface area (Å²) in [6, 6.07) is 15.2. The normalized spacial score (nSPS) is 14.3. The van der Waals surface area contributed by atoms with Crippen LogP contribution in [0.5, 0.6) is 11.5 Å². The van der Waals surface area contributed by atoms with Gasteiger partial charge in [-0.3, -0.25) is 14.8 Å². The number of benzene rings is 2. The zero-order valence-electron chi connectivity index (χ0n) is 46.6. The van der Waals surface area contributed by atoms with Crippen molar-refractivity contribution in [2.45, 2.75) is 77.0 Å². The number of nitrogens with one attached hydrogen (secondary N) is 1. The molecule has 2 aromatic heterocycles. The number of piperidine rings is 2. The number of carbonyl (C=O) groups excluding carboxylic acids is 1. The number of methoxy groups -OCH3 is 2. The Morgan fingerprint density at radius 3 is 1.38 bits per heavy atom. The summed E-state index contributed by atoms with van der Waals surface area (Å²) in [5, 5.41) is 11.7. The molecule has 2 N–H and O–H groups in total. The van der Waals surface area contributed by atoms with E-state index < -0.39 is 32.6 Å². The molecule has 4 heterocycles. The summed E-state index contributed by atoms with van der Waals surface area (Å²) in [4.78, 5) is 38.5. The minimum absolute atomic E-state index is 0. The van der Waals surface area contributed by atoms with E-state index in [0.29, 0.717) is 46.2 Å². The quantitative estimate of drug-likeness (QED) is 0.0826. The SMILES string of the molecule is CNCC1CCN(c2ccnc(C)c2)CC1.COc1cc(C)c(S(=O)(=O)N(C)CCOCC(=O)N(C)CC2CCN(c3ccnc(C)c3)CC2)c(C)c1.COc1cc(C)c(S(=O)(=O)N(C)CCOCC(=O)O)c(C)c1.Cl. The van der Waals surface area contributed by atoms with Gasteiger partial charge in [0.25, 0.3) is 0 Å². The number of hydrogen-bond acceptors (Lipinski definition) is 15. The third kappa shape index (κ3) is 19.4. The Hall–Kier alpha value is -5.13. The third-order valence-electron chi connectivity index (χ3n) is 13.4. The molecular formula is C54H83ClN8O11S2. The fourth-order valence-electron chi connectivity index (χ4n) is 9.24. The molecule has 19 nitrogen and oxygen atoms in total. The average Bonchev–Trinajstić information content (AvgIpc) is 3.36. The van der Waals surface area contributed by atoms with Gasteiger partial charge in [-0.2, -0.15) is 8.61 Å². The largest absolute Gasteiger partial charge is 0.497 e. The van der Waals surface area contributed by atoms with E-state index in [1.807, 2.05) is 32.4 Å². The third-order valence-corrected chi connectivity index (χ3v) is 17.7. The van der Waals surface area contributed by atoms with Crippen LogP contribution >= 0.6 is 12.4 Å². The van der Waals surface area contributed by atoms with E-state index in [1.165, 1.54) is 62.8 Å². The monoisotopic (exact) mass is 1120 g/mol. The van der Waals surface area contributed by atoms with Crippen LogP contribution in [0.4, 0.5) is 11.4 Å². The van der Waals surface area contributed by atoms with E-state index in [0.717, 1.165) is 54.1 Å². The summed E-state index contributed by atoms with van der Waals surface area (Å²) in [6.07, 6.45) is 8.38. The Balaban J connectivity index is 0.000000330. The summed E-state index contributed by atoms with van der Waals surface area (Å²) < 4.78 is 74.6. The minimum atomic E-state index is -3.69. The Labute approximate surface area is 458 Å². The number of nitrogens with zero attached hydrogens (tertiary/aromatic N) is 7. The van der Waals surface area contributed by atoms with Gasteiger partial charge < -0.3 is 44.1 Å². The van der Waals surface area contributed by atoms with Crippen LogP contribution in [0.15, 0.2) is 70.7 Å². The molecule has 76 heavy (non-hydrogen) atoms. The number of aliphatic carboxylic acids is 1. The van der Waals surface area contributed by atoms with Crippen LogP contribution in [0.25, 0.3) is 0 Å². The van der Waals surface area contributed by atoms with Crippen molar-refractivity contribution >= 4 is 55.7 Å². The molecule has 2 aliphatic rings. The number of sulfonamides is 2. The maximum absolute atomic E-state index is 13.1. The summed E-state index contributed by atoms with van der Waals surface area (Å²) in [5.74, 6) is 1.33. The Morgan fingerprint density at radius 1 is 0.645 bits per heavy atom.